The third-order valence-corrected chi connectivity index (χ3v) is 3.15. The maximum absolute atomic E-state index is 13.7. The number of aryl methyl sites for hydroxylation is 1. The van der Waals surface area contributed by atoms with Crippen LogP contribution < -0.4 is 5.73 Å². The van der Waals surface area contributed by atoms with E-state index in [0.717, 1.165) is 11.1 Å². The number of rotatable bonds is 2. The molecule has 1 aromatic carbocycles. The molecular weight excluding hydrogens is 243 g/mol. The number of benzene rings is 1. The van der Waals surface area contributed by atoms with Gasteiger partial charge in [0.05, 0.1) is 5.52 Å². The van der Waals surface area contributed by atoms with E-state index in [-0.39, 0.29) is 5.82 Å². The van der Waals surface area contributed by atoms with Gasteiger partial charge in [-0.05, 0) is 23.8 Å². The van der Waals surface area contributed by atoms with Crippen molar-refractivity contribution in [3.05, 3.63) is 47.9 Å². The summed E-state index contributed by atoms with van der Waals surface area (Å²) in [6.07, 6.45) is 1.71. The SMILES string of the molecule is Cn1c(-c2ccc(CN)cn2)nc2c(F)cccc21. The molecule has 0 saturated carbocycles. The van der Waals surface area contributed by atoms with E-state index < -0.39 is 0 Å². The number of pyridine rings is 1. The highest BCUT2D eigenvalue weighted by Crippen LogP contribution is 2.23. The van der Waals surface area contributed by atoms with Gasteiger partial charge < -0.3 is 10.3 Å². The van der Waals surface area contributed by atoms with Gasteiger partial charge >= 0.3 is 0 Å². The number of hydrogen-bond acceptors (Lipinski definition) is 3. The van der Waals surface area contributed by atoms with E-state index in [2.05, 4.69) is 9.97 Å². The molecule has 0 aliphatic heterocycles. The van der Waals surface area contributed by atoms with Crippen LogP contribution in [0, 0.1) is 5.82 Å². The zero-order valence-electron chi connectivity index (χ0n) is 10.5. The molecule has 19 heavy (non-hydrogen) atoms. The Hall–Kier alpha value is -2.27. The predicted molar refractivity (Wildman–Crippen MR) is 71.8 cm³/mol. The van der Waals surface area contributed by atoms with E-state index in [1.165, 1.54) is 6.07 Å². The van der Waals surface area contributed by atoms with Crippen molar-refractivity contribution >= 4 is 11.0 Å². The molecule has 2 heterocycles. The van der Waals surface area contributed by atoms with Crippen LogP contribution >= 0.6 is 0 Å². The van der Waals surface area contributed by atoms with Crippen LogP contribution in [0.15, 0.2) is 36.5 Å². The summed E-state index contributed by atoms with van der Waals surface area (Å²) in [5.41, 5.74) is 8.31. The fourth-order valence-electron chi connectivity index (χ4n) is 2.09. The minimum absolute atomic E-state index is 0.321. The first-order valence-corrected chi connectivity index (χ1v) is 5.97. The second-order valence-electron chi connectivity index (χ2n) is 4.36. The van der Waals surface area contributed by atoms with Crippen LogP contribution in [0.3, 0.4) is 0 Å². The summed E-state index contributed by atoms with van der Waals surface area (Å²) in [6.45, 7) is 0.449. The van der Waals surface area contributed by atoms with Crippen molar-refractivity contribution < 1.29 is 4.39 Å². The number of nitrogens with zero attached hydrogens (tertiary/aromatic N) is 3. The van der Waals surface area contributed by atoms with Crippen LogP contribution in [0.1, 0.15) is 5.56 Å². The van der Waals surface area contributed by atoms with Gasteiger partial charge in [-0.2, -0.15) is 0 Å². The van der Waals surface area contributed by atoms with E-state index in [4.69, 9.17) is 5.73 Å². The molecule has 0 spiro atoms. The zero-order chi connectivity index (χ0) is 13.4. The van der Waals surface area contributed by atoms with Gasteiger partial charge in [0.25, 0.3) is 0 Å². The first-order valence-electron chi connectivity index (χ1n) is 5.97. The van der Waals surface area contributed by atoms with Crippen LogP contribution in [0.5, 0.6) is 0 Å². The molecule has 0 radical (unpaired) electrons. The molecule has 96 valence electrons. The van der Waals surface area contributed by atoms with Gasteiger partial charge in [-0.3, -0.25) is 4.98 Å². The number of fused-ring (bicyclic) bond motifs is 1. The Morgan fingerprint density at radius 3 is 2.74 bits per heavy atom. The normalized spacial score (nSPS) is 11.1. The summed E-state index contributed by atoms with van der Waals surface area (Å²) in [6, 6.07) is 8.67. The fourth-order valence-corrected chi connectivity index (χ4v) is 2.09. The standard InChI is InChI=1S/C14H13FN4/c1-19-12-4-2-3-10(15)13(12)18-14(19)11-6-5-9(7-16)8-17-11/h2-6,8H,7,16H2,1H3. The highest BCUT2D eigenvalue weighted by molar-refractivity contribution is 5.80. The number of imidazole rings is 1. The van der Waals surface area contributed by atoms with Crippen molar-refractivity contribution in [2.45, 2.75) is 6.54 Å². The summed E-state index contributed by atoms with van der Waals surface area (Å²) < 4.78 is 15.5. The summed E-state index contributed by atoms with van der Waals surface area (Å²) in [5.74, 6) is 0.321. The van der Waals surface area contributed by atoms with Crippen LogP contribution in [0.25, 0.3) is 22.6 Å². The van der Waals surface area contributed by atoms with Crippen molar-refractivity contribution in [3.8, 4) is 11.5 Å². The topological polar surface area (TPSA) is 56.7 Å². The number of nitrogens with two attached hydrogens (primary N) is 1. The molecule has 3 rings (SSSR count). The second-order valence-corrected chi connectivity index (χ2v) is 4.36. The lowest BCUT2D eigenvalue weighted by atomic mass is 10.2. The molecule has 2 aromatic heterocycles. The van der Waals surface area contributed by atoms with Crippen molar-refractivity contribution in [2.75, 3.05) is 0 Å². The highest BCUT2D eigenvalue weighted by Gasteiger charge is 2.13. The first kappa shape index (κ1) is 11.8. The third-order valence-electron chi connectivity index (χ3n) is 3.15. The molecule has 0 bridgehead atoms. The maximum Gasteiger partial charge on any atom is 0.159 e. The highest BCUT2D eigenvalue weighted by atomic mass is 19.1. The summed E-state index contributed by atoms with van der Waals surface area (Å²) in [7, 11) is 1.85. The molecular formula is C14H13FN4. The van der Waals surface area contributed by atoms with E-state index in [0.29, 0.717) is 23.6 Å². The largest absolute Gasteiger partial charge is 0.326 e. The molecule has 0 aliphatic rings. The van der Waals surface area contributed by atoms with Gasteiger partial charge in [0.1, 0.15) is 11.2 Å². The smallest absolute Gasteiger partial charge is 0.159 e. The lowest BCUT2D eigenvalue weighted by molar-refractivity contribution is 0.637. The molecule has 3 aromatic rings. The summed E-state index contributed by atoms with van der Waals surface area (Å²) >= 11 is 0. The monoisotopic (exact) mass is 256 g/mol. The van der Waals surface area contributed by atoms with Gasteiger partial charge in [-0.15, -0.1) is 0 Å². The zero-order valence-corrected chi connectivity index (χ0v) is 10.5. The Balaban J connectivity index is 2.19. The van der Waals surface area contributed by atoms with Gasteiger partial charge in [0.15, 0.2) is 11.6 Å². The van der Waals surface area contributed by atoms with Crippen LogP contribution in [0.2, 0.25) is 0 Å². The average Bonchev–Trinajstić information content (AvgIpc) is 2.78. The first-order chi connectivity index (χ1) is 9.20. The van der Waals surface area contributed by atoms with E-state index in [1.807, 2.05) is 29.8 Å². The second kappa shape index (κ2) is 4.44. The summed E-state index contributed by atoms with van der Waals surface area (Å²) in [5, 5.41) is 0. The van der Waals surface area contributed by atoms with Gasteiger partial charge in [-0.1, -0.05) is 12.1 Å². The molecule has 0 fully saturated rings. The van der Waals surface area contributed by atoms with Crippen molar-refractivity contribution in [2.24, 2.45) is 12.8 Å². The van der Waals surface area contributed by atoms with Gasteiger partial charge in [0, 0.05) is 19.8 Å². The van der Waals surface area contributed by atoms with E-state index >= 15 is 0 Å². The molecule has 2 N–H and O–H groups in total. The third kappa shape index (κ3) is 1.88. The van der Waals surface area contributed by atoms with Crippen molar-refractivity contribution in [1.29, 1.82) is 0 Å². The van der Waals surface area contributed by atoms with Crippen LogP contribution in [-0.2, 0) is 13.6 Å². The lowest BCUT2D eigenvalue weighted by Crippen LogP contribution is -1.99. The van der Waals surface area contributed by atoms with Crippen molar-refractivity contribution in [1.82, 2.24) is 14.5 Å². The average molecular weight is 256 g/mol. The van der Waals surface area contributed by atoms with Gasteiger partial charge in [-0.25, -0.2) is 9.37 Å². The van der Waals surface area contributed by atoms with E-state index in [9.17, 15) is 4.39 Å². The number of halogens is 1. The molecule has 0 saturated heterocycles. The molecule has 0 atom stereocenters. The molecule has 5 heteroatoms. The molecule has 4 nitrogen and oxygen atoms in total. The molecule has 0 unspecified atom stereocenters. The van der Waals surface area contributed by atoms with Crippen LogP contribution in [-0.4, -0.2) is 14.5 Å². The quantitative estimate of drug-likeness (QED) is 0.765. The number of aromatic nitrogens is 3. The Morgan fingerprint density at radius 2 is 2.11 bits per heavy atom. The lowest BCUT2D eigenvalue weighted by Gasteiger charge is -2.02. The van der Waals surface area contributed by atoms with Gasteiger partial charge in [0.2, 0.25) is 0 Å². The van der Waals surface area contributed by atoms with Crippen LogP contribution in [0.4, 0.5) is 4.39 Å². The summed E-state index contributed by atoms with van der Waals surface area (Å²) in [4.78, 5) is 8.65. The Kier molecular flexibility index (Phi) is 2.76. The Morgan fingerprint density at radius 1 is 1.26 bits per heavy atom. The fraction of sp³-hybridized carbons (Fsp3) is 0.143. The maximum atomic E-state index is 13.7. The van der Waals surface area contributed by atoms with Crippen molar-refractivity contribution in [3.63, 3.8) is 0 Å². The number of para-hydroxylation sites is 1. The minimum Gasteiger partial charge on any atom is -0.326 e. The Bertz CT molecular complexity index is 731. The molecule has 0 amide bonds. The molecule has 0 aliphatic carbocycles. The Labute approximate surface area is 109 Å². The van der Waals surface area contributed by atoms with E-state index in [1.54, 1.807) is 12.3 Å². The minimum atomic E-state index is -0.321. The number of hydrogen-bond donors (Lipinski definition) is 1. The predicted octanol–water partition coefficient (Wildman–Crippen LogP) is 2.23.